The molecule has 2 aromatic heterocycles. The number of benzene rings is 2. The molecule has 0 saturated heterocycles. The molecule has 0 aliphatic rings. The van der Waals surface area contributed by atoms with E-state index in [0.717, 1.165) is 28.0 Å². The van der Waals surface area contributed by atoms with Crippen LogP contribution in [0.4, 0.5) is 0 Å². The maximum atomic E-state index is 13.0. The number of methoxy groups -OCH3 is 1. The molecule has 0 fully saturated rings. The van der Waals surface area contributed by atoms with Crippen molar-refractivity contribution in [2.45, 2.75) is 23.1 Å². The number of carbonyl (C=O) groups excluding carboxylic acids is 1. The fraction of sp³-hybridized carbons (Fsp3) is 0.182. The Labute approximate surface area is 194 Å². The molecule has 7 nitrogen and oxygen atoms in total. The molecular formula is C22H20ClN3O4S2. The summed E-state index contributed by atoms with van der Waals surface area (Å²) in [5.41, 5.74) is 3.12. The zero-order chi connectivity index (χ0) is 22.7. The number of hydrogen-bond donors (Lipinski definition) is 1. The molecule has 10 heteroatoms. The minimum Gasteiger partial charge on any atom is -0.496 e. The topological polar surface area (TPSA) is 90.3 Å². The summed E-state index contributed by atoms with van der Waals surface area (Å²) < 4.78 is 33.9. The number of thiophene rings is 1. The molecule has 4 rings (SSSR count). The zero-order valence-electron chi connectivity index (χ0n) is 17.1. The molecular weight excluding hydrogens is 470 g/mol. The second-order valence-electron chi connectivity index (χ2n) is 7.10. The highest BCUT2D eigenvalue weighted by atomic mass is 35.5. The molecule has 0 unspecified atom stereocenters. The number of nitrogens with one attached hydrogen (secondary N) is 1. The van der Waals surface area contributed by atoms with E-state index in [4.69, 9.17) is 16.3 Å². The van der Waals surface area contributed by atoms with Gasteiger partial charge in [-0.05, 0) is 35.4 Å². The molecule has 1 amide bonds. The Kier molecular flexibility index (Phi) is 6.50. The second-order valence-corrected chi connectivity index (χ2v) is 11.0. The molecule has 0 radical (unpaired) electrons. The van der Waals surface area contributed by atoms with Crippen LogP contribution in [0.15, 0.2) is 58.8 Å². The Morgan fingerprint density at radius 2 is 1.94 bits per heavy atom. The molecule has 166 valence electrons. The number of fused-ring (bicyclic) bond motifs is 1. The number of carbonyl (C=O) groups is 1. The third-order valence-electron chi connectivity index (χ3n) is 4.93. The van der Waals surface area contributed by atoms with Crippen molar-refractivity contribution in [2.24, 2.45) is 0 Å². The number of aromatic nitrogens is 2. The standard InChI is InChI=1S/C22H20ClN3O4S2/c1-30-19-7-3-6-18-22(19)17(13-32(28,29)21-9-8-20(23)31-21)25-26(18)12-16-5-2-4-15(10-16)11-24-14-27/h2-10,14H,11-13H2,1H3,(H,24,27). The van der Waals surface area contributed by atoms with Crippen LogP contribution in [0, 0.1) is 0 Å². The zero-order valence-corrected chi connectivity index (χ0v) is 19.5. The Morgan fingerprint density at radius 3 is 2.66 bits per heavy atom. The van der Waals surface area contributed by atoms with Crippen molar-refractivity contribution in [3.8, 4) is 5.75 Å². The van der Waals surface area contributed by atoms with E-state index in [1.165, 1.54) is 6.07 Å². The number of ether oxygens (including phenoxy) is 1. The summed E-state index contributed by atoms with van der Waals surface area (Å²) >= 11 is 6.97. The minimum absolute atomic E-state index is 0.204. The maximum Gasteiger partial charge on any atom is 0.207 e. The van der Waals surface area contributed by atoms with E-state index in [1.54, 1.807) is 23.9 Å². The van der Waals surface area contributed by atoms with Gasteiger partial charge in [-0.3, -0.25) is 9.48 Å². The van der Waals surface area contributed by atoms with Crippen LogP contribution < -0.4 is 10.1 Å². The highest BCUT2D eigenvalue weighted by Crippen LogP contribution is 2.33. The van der Waals surface area contributed by atoms with Gasteiger partial charge in [-0.2, -0.15) is 5.10 Å². The van der Waals surface area contributed by atoms with Crippen LogP contribution in [-0.2, 0) is 33.5 Å². The van der Waals surface area contributed by atoms with E-state index in [2.05, 4.69) is 10.4 Å². The molecule has 2 aromatic carbocycles. The Morgan fingerprint density at radius 1 is 1.16 bits per heavy atom. The second kappa shape index (κ2) is 9.32. The summed E-state index contributed by atoms with van der Waals surface area (Å²) in [6.07, 6.45) is 0.660. The van der Waals surface area contributed by atoms with Crippen molar-refractivity contribution >= 4 is 50.1 Å². The van der Waals surface area contributed by atoms with E-state index < -0.39 is 9.84 Å². The first-order valence-corrected chi connectivity index (χ1v) is 12.5. The molecule has 0 atom stereocenters. The summed E-state index contributed by atoms with van der Waals surface area (Å²) in [6.45, 7) is 0.862. The molecule has 2 heterocycles. The number of rotatable bonds is 9. The SMILES string of the molecule is COc1cccc2c1c(CS(=O)(=O)c1ccc(Cl)s1)nn2Cc1cccc(CNC=O)c1. The molecule has 0 spiro atoms. The molecule has 0 aliphatic carbocycles. The summed E-state index contributed by atoms with van der Waals surface area (Å²) in [4.78, 5) is 10.6. The summed E-state index contributed by atoms with van der Waals surface area (Å²) in [5.74, 6) is 0.295. The first-order chi connectivity index (χ1) is 15.4. The lowest BCUT2D eigenvalue weighted by molar-refractivity contribution is -0.109. The Balaban J connectivity index is 1.74. The largest absolute Gasteiger partial charge is 0.496 e. The quantitative estimate of drug-likeness (QED) is 0.358. The van der Waals surface area contributed by atoms with Crippen LogP contribution in [0.5, 0.6) is 5.75 Å². The maximum absolute atomic E-state index is 13.0. The molecule has 0 aliphatic heterocycles. The normalized spacial score (nSPS) is 11.6. The van der Waals surface area contributed by atoms with Gasteiger partial charge in [0.25, 0.3) is 0 Å². The predicted octanol–water partition coefficient (Wildman–Crippen LogP) is 4.03. The van der Waals surface area contributed by atoms with Crippen molar-refractivity contribution < 1.29 is 17.9 Å². The number of amides is 1. The van der Waals surface area contributed by atoms with Gasteiger partial charge in [0.2, 0.25) is 6.41 Å². The van der Waals surface area contributed by atoms with Crippen molar-refractivity contribution in [2.75, 3.05) is 7.11 Å². The lowest BCUT2D eigenvalue weighted by Crippen LogP contribution is -2.10. The molecule has 0 bridgehead atoms. The highest BCUT2D eigenvalue weighted by Gasteiger charge is 2.24. The predicted molar refractivity (Wildman–Crippen MR) is 125 cm³/mol. The Bertz CT molecular complexity index is 1380. The van der Waals surface area contributed by atoms with Gasteiger partial charge in [0.1, 0.15) is 15.7 Å². The van der Waals surface area contributed by atoms with Gasteiger partial charge >= 0.3 is 0 Å². The molecule has 32 heavy (non-hydrogen) atoms. The van der Waals surface area contributed by atoms with Gasteiger partial charge in [-0.1, -0.05) is 41.9 Å². The third kappa shape index (κ3) is 4.64. The van der Waals surface area contributed by atoms with Crippen molar-refractivity contribution in [3.63, 3.8) is 0 Å². The fourth-order valence-electron chi connectivity index (χ4n) is 3.55. The van der Waals surface area contributed by atoms with Gasteiger partial charge < -0.3 is 10.1 Å². The van der Waals surface area contributed by atoms with Crippen molar-refractivity contribution in [3.05, 3.63) is 75.8 Å². The summed E-state index contributed by atoms with van der Waals surface area (Å²) in [7, 11) is -2.08. The molecule has 1 N–H and O–H groups in total. The minimum atomic E-state index is -3.62. The fourth-order valence-corrected chi connectivity index (χ4v) is 6.40. The molecule has 4 aromatic rings. The number of nitrogens with zero attached hydrogens (tertiary/aromatic N) is 2. The average Bonchev–Trinajstić information content (AvgIpc) is 3.37. The number of sulfone groups is 1. The average molecular weight is 490 g/mol. The monoisotopic (exact) mass is 489 g/mol. The van der Waals surface area contributed by atoms with E-state index in [1.807, 2.05) is 36.4 Å². The lowest BCUT2D eigenvalue weighted by Gasteiger charge is -2.07. The smallest absolute Gasteiger partial charge is 0.207 e. The van der Waals surface area contributed by atoms with Crippen molar-refractivity contribution in [1.82, 2.24) is 15.1 Å². The van der Waals surface area contributed by atoms with Crippen LogP contribution in [-0.4, -0.2) is 31.7 Å². The third-order valence-corrected chi connectivity index (χ3v) is 8.37. The van der Waals surface area contributed by atoms with Crippen molar-refractivity contribution in [1.29, 1.82) is 0 Å². The lowest BCUT2D eigenvalue weighted by atomic mass is 10.1. The summed E-state index contributed by atoms with van der Waals surface area (Å²) in [5, 5.41) is 7.98. The first kappa shape index (κ1) is 22.3. The van der Waals surface area contributed by atoms with Gasteiger partial charge in [0, 0.05) is 6.54 Å². The van der Waals surface area contributed by atoms with Gasteiger partial charge in [0.05, 0.1) is 34.6 Å². The van der Waals surface area contributed by atoms with Gasteiger partial charge in [0.15, 0.2) is 9.84 Å². The van der Waals surface area contributed by atoms with Gasteiger partial charge in [-0.25, -0.2) is 8.42 Å². The van der Waals surface area contributed by atoms with Crippen LogP contribution in [0.2, 0.25) is 4.34 Å². The van der Waals surface area contributed by atoms with E-state index in [0.29, 0.717) is 40.7 Å². The van der Waals surface area contributed by atoms with Crippen LogP contribution in [0.25, 0.3) is 10.9 Å². The van der Waals surface area contributed by atoms with Crippen LogP contribution >= 0.6 is 22.9 Å². The Hall–Kier alpha value is -2.88. The van der Waals surface area contributed by atoms with E-state index in [9.17, 15) is 13.2 Å². The first-order valence-electron chi connectivity index (χ1n) is 9.66. The van der Waals surface area contributed by atoms with E-state index >= 15 is 0 Å². The highest BCUT2D eigenvalue weighted by molar-refractivity contribution is 7.92. The van der Waals surface area contributed by atoms with E-state index in [-0.39, 0.29) is 9.96 Å². The summed E-state index contributed by atoms with van der Waals surface area (Å²) in [6, 6.07) is 16.4. The number of hydrogen-bond acceptors (Lipinski definition) is 6. The van der Waals surface area contributed by atoms with Crippen LogP contribution in [0.1, 0.15) is 16.8 Å². The number of halogens is 1. The molecule has 0 saturated carbocycles. The van der Waals surface area contributed by atoms with Gasteiger partial charge in [-0.15, -0.1) is 11.3 Å². The van der Waals surface area contributed by atoms with Crippen LogP contribution in [0.3, 0.4) is 0 Å².